The normalized spacial score (nSPS) is 26.6. The van der Waals surface area contributed by atoms with Crippen molar-refractivity contribution in [3.8, 4) is 44.5 Å². The molecule has 6 aliphatic rings. The van der Waals surface area contributed by atoms with E-state index in [4.69, 9.17) is 0 Å². The molecule has 0 amide bonds. The maximum atomic E-state index is 2.73. The summed E-state index contributed by atoms with van der Waals surface area (Å²) in [6.07, 6.45) is 14.5. The zero-order chi connectivity index (χ0) is 57.2. The minimum atomic E-state index is -0.0438. The monoisotopic (exact) mass is 1100 g/mol. The van der Waals surface area contributed by atoms with Gasteiger partial charge in [-0.05, 0) is 238 Å². The second-order valence-electron chi connectivity index (χ2n) is 28.0. The molecule has 0 saturated heterocycles. The Morgan fingerprint density at radius 1 is 0.259 bits per heavy atom. The van der Waals surface area contributed by atoms with Crippen molar-refractivity contribution in [3.63, 3.8) is 0 Å². The maximum Gasteiger partial charge on any atom is 0.0517 e. The van der Waals surface area contributed by atoms with E-state index < -0.39 is 0 Å². The molecule has 3 aliphatic carbocycles. The summed E-state index contributed by atoms with van der Waals surface area (Å²) in [5, 5.41) is 8.00. The second kappa shape index (κ2) is 18.2. The Balaban J connectivity index is 0.942. The van der Waals surface area contributed by atoms with Gasteiger partial charge in [-0.15, -0.1) is 0 Å². The van der Waals surface area contributed by atoms with Crippen LogP contribution in [0, 0.1) is 0 Å². The second-order valence-corrected chi connectivity index (χ2v) is 28.0. The van der Waals surface area contributed by atoms with Gasteiger partial charge in [-0.1, -0.05) is 187 Å². The number of rotatable bonds is 7. The zero-order valence-corrected chi connectivity index (χ0v) is 50.5. The van der Waals surface area contributed by atoms with Gasteiger partial charge in [0.25, 0.3) is 0 Å². The molecule has 3 fully saturated rings. The molecule has 6 unspecified atom stereocenters. The standard InChI is InChI=1S/C82H77N3/c1-77-43-19-22-46-80(77,4)83(58-27-13-8-14-28-58)72-40-33-55(49-69(72)77)66-52-65(54-25-11-7-12-26-54)61-36-37-63-67(56-34-41-73-70(50-56)78(2)44-20-23-47-81(78,5)84(73)59-29-15-9-16-30-59)53-68(64-39-38-62(66)75(61)76(63)64)57-35-42-74-71(51-57)79(3)45-21-24-48-82(79,6)85(74)60-31-17-10-18-32-60/h7-18,25-42,49-53H,19-24,43-48H2,1-6H3. The van der Waals surface area contributed by atoms with Crippen LogP contribution in [0.2, 0.25) is 0 Å². The average molecular weight is 1100 g/mol. The highest BCUT2D eigenvalue weighted by Crippen LogP contribution is 2.65. The number of hydrogen-bond donors (Lipinski definition) is 0. The maximum absolute atomic E-state index is 2.73. The van der Waals surface area contributed by atoms with Crippen molar-refractivity contribution in [1.82, 2.24) is 0 Å². The van der Waals surface area contributed by atoms with Crippen molar-refractivity contribution in [3.05, 3.63) is 229 Å². The number of hydrogen-bond acceptors (Lipinski definition) is 3. The topological polar surface area (TPSA) is 9.72 Å². The van der Waals surface area contributed by atoms with Crippen LogP contribution in [0.3, 0.4) is 0 Å². The van der Waals surface area contributed by atoms with E-state index in [1.165, 1.54) is 205 Å². The zero-order valence-electron chi connectivity index (χ0n) is 50.5. The number of anilines is 6. The number of para-hydroxylation sites is 3. The van der Waals surface area contributed by atoms with Crippen LogP contribution < -0.4 is 14.7 Å². The highest BCUT2D eigenvalue weighted by atomic mass is 15.3. The largest absolute Gasteiger partial charge is 0.334 e. The molecule has 3 saturated carbocycles. The highest BCUT2D eigenvalue weighted by Gasteiger charge is 2.60. The predicted molar refractivity (Wildman–Crippen MR) is 360 cm³/mol. The van der Waals surface area contributed by atoms with Gasteiger partial charge in [0.05, 0.1) is 16.6 Å². The van der Waals surface area contributed by atoms with Crippen molar-refractivity contribution < 1.29 is 0 Å². The first-order valence-electron chi connectivity index (χ1n) is 32.2. The first-order chi connectivity index (χ1) is 41.4. The summed E-state index contributed by atoms with van der Waals surface area (Å²) in [6.45, 7) is 15.5. The molecule has 3 aliphatic heterocycles. The molecule has 17 rings (SSSR count). The fourth-order valence-electron chi connectivity index (χ4n) is 19.2. The third-order valence-corrected chi connectivity index (χ3v) is 24.3. The van der Waals surface area contributed by atoms with Gasteiger partial charge in [-0.2, -0.15) is 0 Å². The van der Waals surface area contributed by atoms with E-state index in [-0.39, 0.29) is 32.9 Å². The first-order valence-corrected chi connectivity index (χ1v) is 32.2. The predicted octanol–water partition coefficient (Wildman–Crippen LogP) is 22.5. The molecule has 11 aromatic rings. The molecule has 0 spiro atoms. The Hall–Kier alpha value is -8.14. The molecule has 6 atom stereocenters. The number of nitrogens with zero attached hydrogens (tertiary/aromatic N) is 3. The van der Waals surface area contributed by atoms with Gasteiger partial charge in [-0.3, -0.25) is 0 Å². The van der Waals surface area contributed by atoms with Crippen molar-refractivity contribution in [2.75, 3.05) is 14.7 Å². The Morgan fingerprint density at radius 3 is 0.835 bits per heavy atom. The summed E-state index contributed by atoms with van der Waals surface area (Å²) in [6, 6.07) is 83.0. The molecule has 3 heteroatoms. The fourth-order valence-corrected chi connectivity index (χ4v) is 19.2. The lowest BCUT2D eigenvalue weighted by molar-refractivity contribution is 0.195. The molecule has 0 N–H and O–H groups in total. The van der Waals surface area contributed by atoms with E-state index >= 15 is 0 Å². The summed E-state index contributed by atoms with van der Waals surface area (Å²) in [7, 11) is 0. The van der Waals surface area contributed by atoms with Gasteiger partial charge in [-0.25, -0.2) is 0 Å². The fraction of sp³-hybridized carbons (Fsp3) is 0.293. The summed E-state index contributed by atoms with van der Waals surface area (Å²) in [5.41, 5.74) is 22.7. The molecule has 420 valence electrons. The van der Waals surface area contributed by atoms with E-state index in [1.807, 2.05) is 0 Å². The summed E-state index contributed by atoms with van der Waals surface area (Å²) >= 11 is 0. The van der Waals surface area contributed by atoms with Crippen LogP contribution >= 0.6 is 0 Å². The molecule has 3 heterocycles. The van der Waals surface area contributed by atoms with Gasteiger partial charge in [0.15, 0.2) is 0 Å². The Morgan fingerprint density at radius 2 is 0.529 bits per heavy atom. The first kappa shape index (κ1) is 51.3. The summed E-state index contributed by atoms with van der Waals surface area (Å²) in [5.74, 6) is 0. The van der Waals surface area contributed by atoms with Crippen molar-refractivity contribution in [2.45, 2.75) is 151 Å². The van der Waals surface area contributed by atoms with Crippen LogP contribution in [-0.4, -0.2) is 16.6 Å². The number of benzene rings is 11. The molecule has 0 aromatic heterocycles. The molecular weight excluding hydrogens is 1030 g/mol. The number of fused-ring (bicyclic) bond motifs is 9. The van der Waals surface area contributed by atoms with E-state index in [0.717, 1.165) is 0 Å². The molecule has 11 aromatic carbocycles. The van der Waals surface area contributed by atoms with Gasteiger partial charge in [0, 0.05) is 50.4 Å². The summed E-state index contributed by atoms with van der Waals surface area (Å²) < 4.78 is 0. The van der Waals surface area contributed by atoms with Crippen molar-refractivity contribution in [1.29, 1.82) is 0 Å². The summed E-state index contributed by atoms with van der Waals surface area (Å²) in [4.78, 5) is 8.17. The Labute approximate surface area is 503 Å². The van der Waals surface area contributed by atoms with Crippen LogP contribution in [0.25, 0.3) is 76.8 Å². The molecule has 0 radical (unpaired) electrons. The third kappa shape index (κ3) is 6.79. The Bertz CT molecular complexity index is 4350. The van der Waals surface area contributed by atoms with Gasteiger partial charge < -0.3 is 14.7 Å². The van der Waals surface area contributed by atoms with Crippen LogP contribution in [-0.2, 0) is 16.2 Å². The average Bonchev–Trinajstić information content (AvgIpc) is 1.98. The minimum Gasteiger partial charge on any atom is -0.334 e. The van der Waals surface area contributed by atoms with Gasteiger partial charge in [0.1, 0.15) is 0 Å². The van der Waals surface area contributed by atoms with Gasteiger partial charge in [0.2, 0.25) is 0 Å². The molecule has 3 nitrogen and oxygen atoms in total. The van der Waals surface area contributed by atoms with Crippen LogP contribution in [0.1, 0.15) is 135 Å². The van der Waals surface area contributed by atoms with Crippen LogP contribution in [0.4, 0.5) is 34.1 Å². The molecule has 85 heavy (non-hydrogen) atoms. The van der Waals surface area contributed by atoms with Gasteiger partial charge >= 0.3 is 0 Å². The van der Waals surface area contributed by atoms with E-state index in [0.29, 0.717) is 0 Å². The smallest absolute Gasteiger partial charge is 0.0517 e. The lowest BCUT2D eigenvalue weighted by Gasteiger charge is -2.50. The van der Waals surface area contributed by atoms with E-state index in [9.17, 15) is 0 Å². The lowest BCUT2D eigenvalue weighted by Crippen LogP contribution is -2.54. The van der Waals surface area contributed by atoms with E-state index in [1.54, 1.807) is 0 Å². The highest BCUT2D eigenvalue weighted by molar-refractivity contribution is 6.32. The van der Waals surface area contributed by atoms with Crippen molar-refractivity contribution in [2.24, 2.45) is 0 Å². The van der Waals surface area contributed by atoms with Crippen LogP contribution in [0.5, 0.6) is 0 Å². The molecule has 0 bridgehead atoms. The third-order valence-electron chi connectivity index (χ3n) is 24.3. The minimum absolute atomic E-state index is 0.0114. The lowest BCUT2D eigenvalue weighted by atomic mass is 9.61. The SMILES string of the molecule is CC12CCCCC1(C)N(c1ccccc1)c1ccc(-c3cc(-c4ccccc4)c4ccc5c(-c6ccc7c(c6)C6(C)CCCCC6(C)N7c6ccccc6)cc(-c6ccc7c(c6)C6(C)CCCCC6(C)N7c6ccccc6)c6ccc3c4c56)cc12. The van der Waals surface area contributed by atoms with Crippen LogP contribution in [0.15, 0.2) is 212 Å². The molecular formula is C82H77N3. The Kier molecular flexibility index (Phi) is 11.0. The van der Waals surface area contributed by atoms with Crippen molar-refractivity contribution >= 4 is 66.4 Å². The van der Waals surface area contributed by atoms with E-state index in [2.05, 4.69) is 269 Å². The quantitative estimate of drug-likeness (QED) is 0.147.